The first-order valence-corrected chi connectivity index (χ1v) is 8.23. The fraction of sp³-hybridized carbons (Fsp3) is 1.00. The number of piperazine rings is 1. The third-order valence-corrected chi connectivity index (χ3v) is 4.86. The van der Waals surface area contributed by atoms with Crippen molar-refractivity contribution >= 4 is 0 Å². The smallest absolute Gasteiger partial charge is 0.0110 e. The average Bonchev–Trinajstić information content (AvgIpc) is 2.80. The van der Waals surface area contributed by atoms with E-state index in [-0.39, 0.29) is 0 Å². The lowest BCUT2D eigenvalue weighted by Gasteiger charge is -2.40. The molecule has 3 heteroatoms. The zero-order valence-corrected chi connectivity index (χ0v) is 13.2. The van der Waals surface area contributed by atoms with Gasteiger partial charge < -0.3 is 15.1 Å². The van der Waals surface area contributed by atoms with Gasteiger partial charge in [-0.2, -0.15) is 0 Å². The second-order valence-corrected chi connectivity index (χ2v) is 7.21. The molecule has 2 aliphatic rings. The molecule has 19 heavy (non-hydrogen) atoms. The van der Waals surface area contributed by atoms with Gasteiger partial charge in [0.2, 0.25) is 0 Å². The summed E-state index contributed by atoms with van der Waals surface area (Å²) in [5.74, 6) is 0.803. The van der Waals surface area contributed by atoms with Crippen LogP contribution in [0.1, 0.15) is 39.5 Å². The number of nitrogens with zero attached hydrogens (tertiary/aromatic N) is 2. The Bertz CT molecular complexity index is 251. The molecule has 0 atom stereocenters. The van der Waals surface area contributed by atoms with Crippen molar-refractivity contribution in [2.75, 3.05) is 52.9 Å². The normalized spacial score (nSPS) is 25.3. The van der Waals surface area contributed by atoms with Crippen LogP contribution in [-0.4, -0.2) is 62.7 Å². The van der Waals surface area contributed by atoms with Gasteiger partial charge in [0, 0.05) is 45.8 Å². The van der Waals surface area contributed by atoms with Crippen LogP contribution in [-0.2, 0) is 0 Å². The fourth-order valence-corrected chi connectivity index (χ4v) is 4.01. The summed E-state index contributed by atoms with van der Waals surface area (Å²) in [6, 6.07) is 0. The van der Waals surface area contributed by atoms with E-state index in [1.807, 2.05) is 0 Å². The van der Waals surface area contributed by atoms with Gasteiger partial charge in [-0.15, -0.1) is 0 Å². The molecule has 0 aromatic carbocycles. The maximum atomic E-state index is 3.44. The van der Waals surface area contributed by atoms with Gasteiger partial charge in [0.15, 0.2) is 0 Å². The van der Waals surface area contributed by atoms with Crippen LogP contribution in [0.3, 0.4) is 0 Å². The molecule has 0 unspecified atom stereocenters. The third kappa shape index (κ3) is 4.44. The molecule has 3 nitrogen and oxygen atoms in total. The molecule has 1 saturated heterocycles. The van der Waals surface area contributed by atoms with Crippen molar-refractivity contribution in [3.63, 3.8) is 0 Å². The predicted molar refractivity (Wildman–Crippen MR) is 82.5 cm³/mol. The SMILES string of the molecule is CNCC1(CN2CCN(CC(C)C)CC2)CCCC1. The van der Waals surface area contributed by atoms with Crippen molar-refractivity contribution in [2.45, 2.75) is 39.5 Å². The van der Waals surface area contributed by atoms with E-state index in [2.05, 4.69) is 36.0 Å². The highest BCUT2D eigenvalue weighted by Crippen LogP contribution is 2.38. The highest BCUT2D eigenvalue weighted by molar-refractivity contribution is 4.90. The number of hydrogen-bond donors (Lipinski definition) is 1. The van der Waals surface area contributed by atoms with E-state index >= 15 is 0 Å². The number of nitrogens with one attached hydrogen (secondary N) is 1. The van der Waals surface area contributed by atoms with E-state index in [4.69, 9.17) is 0 Å². The molecule has 0 radical (unpaired) electrons. The minimum absolute atomic E-state index is 0.578. The molecule has 112 valence electrons. The van der Waals surface area contributed by atoms with Gasteiger partial charge >= 0.3 is 0 Å². The maximum absolute atomic E-state index is 3.44. The Kier molecular flexibility index (Phi) is 5.67. The first-order valence-electron chi connectivity index (χ1n) is 8.23. The summed E-state index contributed by atoms with van der Waals surface area (Å²) >= 11 is 0. The minimum Gasteiger partial charge on any atom is -0.319 e. The predicted octanol–water partition coefficient (Wildman–Crippen LogP) is 2.04. The van der Waals surface area contributed by atoms with Crippen LogP contribution in [0.5, 0.6) is 0 Å². The van der Waals surface area contributed by atoms with Crippen molar-refractivity contribution < 1.29 is 0 Å². The summed E-state index contributed by atoms with van der Waals surface area (Å²) in [5, 5.41) is 3.44. The van der Waals surface area contributed by atoms with Gasteiger partial charge in [-0.3, -0.25) is 0 Å². The van der Waals surface area contributed by atoms with E-state index in [1.165, 1.54) is 71.5 Å². The van der Waals surface area contributed by atoms with Crippen LogP contribution in [0.4, 0.5) is 0 Å². The van der Waals surface area contributed by atoms with Gasteiger partial charge in [0.05, 0.1) is 0 Å². The summed E-state index contributed by atoms with van der Waals surface area (Å²) in [4.78, 5) is 5.36. The Morgan fingerprint density at radius 2 is 1.58 bits per heavy atom. The van der Waals surface area contributed by atoms with E-state index in [0.29, 0.717) is 5.41 Å². The summed E-state index contributed by atoms with van der Waals surface area (Å²) in [5.41, 5.74) is 0.578. The molecule has 0 aromatic heterocycles. The molecule has 0 aromatic rings. The lowest BCUT2D eigenvalue weighted by Crippen LogP contribution is -2.51. The molecule has 1 N–H and O–H groups in total. The number of hydrogen-bond acceptors (Lipinski definition) is 3. The monoisotopic (exact) mass is 267 g/mol. The lowest BCUT2D eigenvalue weighted by molar-refractivity contribution is 0.0805. The zero-order valence-electron chi connectivity index (χ0n) is 13.2. The first-order chi connectivity index (χ1) is 9.13. The molecule has 0 amide bonds. The molecule has 1 aliphatic carbocycles. The maximum Gasteiger partial charge on any atom is 0.0110 e. The van der Waals surface area contributed by atoms with Gasteiger partial charge in [-0.25, -0.2) is 0 Å². The highest BCUT2D eigenvalue weighted by Gasteiger charge is 2.35. The number of rotatable bonds is 6. The molecule has 2 fully saturated rings. The molecule has 1 aliphatic heterocycles. The quantitative estimate of drug-likeness (QED) is 0.794. The van der Waals surface area contributed by atoms with Gasteiger partial charge in [0.1, 0.15) is 0 Å². The standard InChI is InChI=1S/C16H33N3/c1-15(2)12-18-8-10-19(11-9-18)14-16(13-17-3)6-4-5-7-16/h15,17H,4-14H2,1-3H3. The Morgan fingerprint density at radius 1 is 1.00 bits per heavy atom. The first kappa shape index (κ1) is 15.3. The van der Waals surface area contributed by atoms with Crippen molar-refractivity contribution in [3.05, 3.63) is 0 Å². The summed E-state index contributed by atoms with van der Waals surface area (Å²) in [6.45, 7) is 13.6. The molecule has 2 rings (SSSR count). The van der Waals surface area contributed by atoms with Crippen LogP contribution in [0.2, 0.25) is 0 Å². The second kappa shape index (κ2) is 7.05. The average molecular weight is 267 g/mol. The molecule has 1 heterocycles. The highest BCUT2D eigenvalue weighted by atomic mass is 15.3. The van der Waals surface area contributed by atoms with E-state index < -0.39 is 0 Å². The largest absolute Gasteiger partial charge is 0.319 e. The third-order valence-electron chi connectivity index (χ3n) is 4.86. The Hall–Kier alpha value is -0.120. The van der Waals surface area contributed by atoms with E-state index in [0.717, 1.165) is 5.92 Å². The molecular formula is C16H33N3. The van der Waals surface area contributed by atoms with Crippen molar-refractivity contribution in [3.8, 4) is 0 Å². The van der Waals surface area contributed by atoms with Gasteiger partial charge in [-0.05, 0) is 31.2 Å². The Labute approximate surface area is 119 Å². The lowest BCUT2D eigenvalue weighted by atomic mass is 9.85. The topological polar surface area (TPSA) is 18.5 Å². The Balaban J connectivity index is 1.78. The van der Waals surface area contributed by atoms with Crippen LogP contribution < -0.4 is 5.32 Å². The van der Waals surface area contributed by atoms with Crippen LogP contribution >= 0.6 is 0 Å². The van der Waals surface area contributed by atoms with Crippen molar-refractivity contribution in [2.24, 2.45) is 11.3 Å². The van der Waals surface area contributed by atoms with E-state index in [1.54, 1.807) is 0 Å². The molecular weight excluding hydrogens is 234 g/mol. The summed E-state index contributed by atoms with van der Waals surface area (Å²) < 4.78 is 0. The summed E-state index contributed by atoms with van der Waals surface area (Å²) in [6.07, 6.45) is 5.74. The molecule has 0 bridgehead atoms. The second-order valence-electron chi connectivity index (χ2n) is 7.21. The minimum atomic E-state index is 0.578. The van der Waals surface area contributed by atoms with Crippen molar-refractivity contribution in [1.82, 2.24) is 15.1 Å². The Morgan fingerprint density at radius 3 is 2.11 bits per heavy atom. The van der Waals surface area contributed by atoms with Gasteiger partial charge in [-0.1, -0.05) is 26.7 Å². The summed E-state index contributed by atoms with van der Waals surface area (Å²) in [7, 11) is 2.11. The molecule has 0 spiro atoms. The zero-order chi connectivity index (χ0) is 13.7. The van der Waals surface area contributed by atoms with Crippen LogP contribution in [0.15, 0.2) is 0 Å². The van der Waals surface area contributed by atoms with Crippen LogP contribution in [0, 0.1) is 11.3 Å². The van der Waals surface area contributed by atoms with Crippen LogP contribution in [0.25, 0.3) is 0 Å². The fourth-order valence-electron chi connectivity index (χ4n) is 4.01. The van der Waals surface area contributed by atoms with Gasteiger partial charge in [0.25, 0.3) is 0 Å². The molecule has 1 saturated carbocycles. The van der Waals surface area contributed by atoms with E-state index in [9.17, 15) is 0 Å². The van der Waals surface area contributed by atoms with Crippen molar-refractivity contribution in [1.29, 1.82) is 0 Å².